The number of carbonyl (C=O) groups excluding carboxylic acids is 1. The van der Waals surface area contributed by atoms with Crippen LogP contribution in [0.4, 0.5) is 0 Å². The fourth-order valence-corrected chi connectivity index (χ4v) is 4.59. The summed E-state index contributed by atoms with van der Waals surface area (Å²) in [6, 6.07) is 0. The number of thiophene rings is 1. The molecule has 4 heterocycles. The molecule has 0 saturated carbocycles. The summed E-state index contributed by atoms with van der Waals surface area (Å²) in [5.74, 6) is 0.406. The fourth-order valence-electron chi connectivity index (χ4n) is 3.24. The van der Waals surface area contributed by atoms with Gasteiger partial charge in [0.05, 0.1) is 29.2 Å². The van der Waals surface area contributed by atoms with Gasteiger partial charge < -0.3 is 4.74 Å². The van der Waals surface area contributed by atoms with Crippen LogP contribution < -0.4 is 0 Å². The Labute approximate surface area is 173 Å². The summed E-state index contributed by atoms with van der Waals surface area (Å²) in [6.45, 7) is 8.64. The van der Waals surface area contributed by atoms with Crippen molar-refractivity contribution in [3.8, 4) is 0 Å². The first-order chi connectivity index (χ1) is 13.3. The zero-order valence-corrected chi connectivity index (χ0v) is 18.6. The first kappa shape index (κ1) is 19.0. The average molecular weight is 463 g/mol. The Morgan fingerprint density at radius 3 is 2.71 bits per heavy atom. The van der Waals surface area contributed by atoms with E-state index in [-0.39, 0.29) is 11.9 Å². The number of nitrogens with zero attached hydrogens (tertiary/aromatic N) is 6. The van der Waals surface area contributed by atoms with Crippen LogP contribution in [-0.2, 0) is 11.3 Å². The van der Waals surface area contributed by atoms with E-state index in [1.807, 2.05) is 25.5 Å². The molecule has 0 radical (unpaired) electrons. The molecule has 4 rings (SSSR count). The van der Waals surface area contributed by atoms with Crippen LogP contribution in [0.15, 0.2) is 10.8 Å². The highest BCUT2D eigenvalue weighted by Crippen LogP contribution is 2.32. The molecule has 4 aromatic rings. The maximum Gasteiger partial charge on any atom is 0.348 e. The number of fused-ring (bicyclic) bond motifs is 3. The van der Waals surface area contributed by atoms with Crippen molar-refractivity contribution in [1.82, 2.24) is 29.4 Å². The van der Waals surface area contributed by atoms with Crippen LogP contribution >= 0.6 is 27.3 Å². The quantitative estimate of drug-likeness (QED) is 0.428. The van der Waals surface area contributed by atoms with E-state index in [0.717, 1.165) is 31.6 Å². The van der Waals surface area contributed by atoms with Crippen molar-refractivity contribution in [1.29, 1.82) is 0 Å². The number of esters is 1. The Kier molecular flexibility index (Phi) is 4.70. The second-order valence-corrected chi connectivity index (χ2v) is 8.57. The molecule has 0 aliphatic rings. The van der Waals surface area contributed by atoms with Gasteiger partial charge in [0.2, 0.25) is 0 Å². The van der Waals surface area contributed by atoms with Crippen LogP contribution in [-0.4, -0.2) is 42.4 Å². The first-order valence-corrected chi connectivity index (χ1v) is 10.3. The number of rotatable bonds is 4. The van der Waals surface area contributed by atoms with Gasteiger partial charge in [-0.2, -0.15) is 5.10 Å². The van der Waals surface area contributed by atoms with E-state index in [4.69, 9.17) is 9.72 Å². The standard InChI is InChI=1S/C18H19BrN6O2S/c1-8(6-24-11(4)13(19)10(3)22-24)15-21-16-12-9(2)14(18(26)27-5)28-17(12)20-7-25(16)23-15/h7-8H,6H2,1-5H3/t8-/m1/s1. The number of carbonyl (C=O) groups is 1. The fraction of sp³-hybridized carbons (Fsp3) is 0.389. The van der Waals surface area contributed by atoms with Gasteiger partial charge in [0.1, 0.15) is 16.0 Å². The summed E-state index contributed by atoms with van der Waals surface area (Å²) in [5, 5.41) is 10.0. The Morgan fingerprint density at radius 1 is 1.32 bits per heavy atom. The largest absolute Gasteiger partial charge is 0.465 e. The summed E-state index contributed by atoms with van der Waals surface area (Å²) in [5.41, 5.74) is 3.56. The van der Waals surface area contributed by atoms with E-state index in [9.17, 15) is 4.79 Å². The second-order valence-electron chi connectivity index (χ2n) is 6.78. The zero-order chi connectivity index (χ0) is 20.2. The minimum Gasteiger partial charge on any atom is -0.465 e. The van der Waals surface area contributed by atoms with Gasteiger partial charge in [-0.1, -0.05) is 6.92 Å². The Hall–Kier alpha value is -2.33. The number of methoxy groups -OCH3 is 1. The molecule has 0 spiro atoms. The van der Waals surface area contributed by atoms with Crippen LogP contribution in [0.5, 0.6) is 0 Å². The Bertz CT molecular complexity index is 1220. The minimum absolute atomic E-state index is 0.0545. The van der Waals surface area contributed by atoms with Crippen LogP contribution in [0.1, 0.15) is 45.3 Å². The van der Waals surface area contributed by atoms with E-state index in [1.54, 1.807) is 10.8 Å². The first-order valence-electron chi connectivity index (χ1n) is 8.74. The molecule has 0 saturated heterocycles. The van der Waals surface area contributed by atoms with E-state index in [1.165, 1.54) is 18.4 Å². The maximum atomic E-state index is 12.0. The molecule has 8 nitrogen and oxygen atoms in total. The summed E-state index contributed by atoms with van der Waals surface area (Å²) >= 11 is 4.88. The number of hydrogen-bond acceptors (Lipinski definition) is 7. The molecule has 146 valence electrons. The van der Waals surface area contributed by atoms with Crippen molar-refractivity contribution in [3.05, 3.63) is 38.5 Å². The molecular weight excluding hydrogens is 444 g/mol. The predicted molar refractivity (Wildman–Crippen MR) is 110 cm³/mol. The van der Waals surface area contributed by atoms with Gasteiger partial charge in [-0.15, -0.1) is 16.4 Å². The third-order valence-electron chi connectivity index (χ3n) is 4.84. The van der Waals surface area contributed by atoms with Crippen molar-refractivity contribution >= 4 is 49.1 Å². The Balaban J connectivity index is 1.76. The highest BCUT2D eigenvalue weighted by Gasteiger charge is 2.22. The predicted octanol–water partition coefficient (Wildman–Crippen LogP) is 3.81. The SMILES string of the molecule is COC(=O)c1sc2ncn3nc([C@H](C)Cn4nc(C)c(Br)c4C)nc3c2c1C. The Morgan fingerprint density at radius 2 is 2.07 bits per heavy atom. The second kappa shape index (κ2) is 6.93. The molecule has 0 aliphatic carbocycles. The van der Waals surface area contributed by atoms with Crippen LogP contribution in [0, 0.1) is 20.8 Å². The van der Waals surface area contributed by atoms with Crippen LogP contribution in [0.25, 0.3) is 15.9 Å². The number of halogens is 1. The van der Waals surface area contributed by atoms with Crippen molar-refractivity contribution in [3.63, 3.8) is 0 Å². The van der Waals surface area contributed by atoms with Crippen LogP contribution in [0.2, 0.25) is 0 Å². The topological polar surface area (TPSA) is 87.2 Å². The lowest BCUT2D eigenvalue weighted by atomic mass is 10.1. The zero-order valence-electron chi connectivity index (χ0n) is 16.1. The van der Waals surface area contributed by atoms with Gasteiger partial charge in [-0.25, -0.2) is 19.3 Å². The van der Waals surface area contributed by atoms with E-state index < -0.39 is 0 Å². The molecule has 0 fully saturated rings. The summed E-state index contributed by atoms with van der Waals surface area (Å²) < 4.78 is 9.54. The monoisotopic (exact) mass is 462 g/mol. The van der Waals surface area contributed by atoms with Gasteiger partial charge in [0.25, 0.3) is 0 Å². The normalized spacial score (nSPS) is 12.8. The molecule has 0 aliphatic heterocycles. The van der Waals surface area contributed by atoms with Crippen molar-refractivity contribution in [2.75, 3.05) is 7.11 Å². The average Bonchev–Trinajstić information content (AvgIpc) is 3.32. The van der Waals surface area contributed by atoms with Gasteiger partial charge >= 0.3 is 5.97 Å². The molecule has 1 atom stereocenters. The molecule has 0 bridgehead atoms. The number of aromatic nitrogens is 6. The van der Waals surface area contributed by atoms with E-state index >= 15 is 0 Å². The molecule has 4 aromatic heterocycles. The molecule has 0 amide bonds. The molecule has 0 aromatic carbocycles. The van der Waals surface area contributed by atoms with Gasteiger partial charge in [-0.05, 0) is 42.3 Å². The molecule has 10 heteroatoms. The molecular formula is C18H19BrN6O2S. The third-order valence-corrected chi connectivity index (χ3v) is 7.16. The summed E-state index contributed by atoms with van der Waals surface area (Å²) in [4.78, 5) is 22.5. The van der Waals surface area contributed by atoms with Crippen molar-refractivity contribution in [2.24, 2.45) is 0 Å². The van der Waals surface area contributed by atoms with E-state index in [0.29, 0.717) is 22.9 Å². The van der Waals surface area contributed by atoms with Gasteiger partial charge in [-0.3, -0.25) is 4.68 Å². The van der Waals surface area contributed by atoms with Gasteiger partial charge in [0.15, 0.2) is 11.5 Å². The van der Waals surface area contributed by atoms with Gasteiger partial charge in [0, 0.05) is 11.6 Å². The van der Waals surface area contributed by atoms with Crippen molar-refractivity contribution < 1.29 is 9.53 Å². The number of aryl methyl sites for hydroxylation is 2. The molecule has 0 N–H and O–H groups in total. The van der Waals surface area contributed by atoms with Crippen LogP contribution in [0.3, 0.4) is 0 Å². The lowest BCUT2D eigenvalue weighted by Crippen LogP contribution is -2.10. The third kappa shape index (κ3) is 2.91. The van der Waals surface area contributed by atoms with E-state index in [2.05, 4.69) is 38.0 Å². The molecule has 0 unspecified atom stereocenters. The van der Waals surface area contributed by atoms with Crippen molar-refractivity contribution in [2.45, 2.75) is 40.2 Å². The smallest absolute Gasteiger partial charge is 0.348 e. The number of ether oxygens (including phenoxy) is 1. The lowest BCUT2D eigenvalue weighted by molar-refractivity contribution is 0.0605. The molecule has 28 heavy (non-hydrogen) atoms. The summed E-state index contributed by atoms with van der Waals surface area (Å²) in [6.07, 6.45) is 1.64. The summed E-state index contributed by atoms with van der Waals surface area (Å²) in [7, 11) is 1.38. The maximum absolute atomic E-state index is 12.0. The highest BCUT2D eigenvalue weighted by molar-refractivity contribution is 9.10. The lowest BCUT2D eigenvalue weighted by Gasteiger charge is -2.09. The number of hydrogen-bond donors (Lipinski definition) is 0. The minimum atomic E-state index is -0.359. The highest BCUT2D eigenvalue weighted by atomic mass is 79.9.